The molecule has 0 amide bonds. The first-order chi connectivity index (χ1) is 8.15. The summed E-state index contributed by atoms with van der Waals surface area (Å²) in [6.45, 7) is 2.48. The molecule has 1 aromatic carbocycles. The number of aliphatic carboxylic acids is 1. The summed E-state index contributed by atoms with van der Waals surface area (Å²) in [4.78, 5) is 11.2. The number of aliphatic hydroxyl groups is 1. The number of carboxylic acid groups (broad SMARTS) is 1. The maximum absolute atomic E-state index is 11.2. The van der Waals surface area contributed by atoms with Crippen LogP contribution in [0, 0.1) is 6.92 Å². The van der Waals surface area contributed by atoms with Crippen molar-refractivity contribution in [1.82, 2.24) is 0 Å². The van der Waals surface area contributed by atoms with Gasteiger partial charge in [-0.05, 0) is 18.9 Å². The van der Waals surface area contributed by atoms with Crippen molar-refractivity contribution < 1.29 is 19.7 Å². The van der Waals surface area contributed by atoms with Gasteiger partial charge in [-0.15, -0.1) is 0 Å². The summed E-state index contributed by atoms with van der Waals surface area (Å²) >= 11 is 0. The number of carbonyl (C=O) groups is 1. The van der Waals surface area contributed by atoms with Gasteiger partial charge in [0, 0.05) is 6.61 Å². The van der Waals surface area contributed by atoms with Gasteiger partial charge in [0.2, 0.25) is 0 Å². The Balaban J connectivity index is 2.63. The number of aryl methyl sites for hydroxylation is 1. The average Bonchev–Trinajstić information content (AvgIpc) is 2.28. The predicted molar refractivity (Wildman–Crippen MR) is 64.1 cm³/mol. The van der Waals surface area contributed by atoms with Gasteiger partial charge in [0.05, 0.1) is 19.1 Å². The second kappa shape index (κ2) is 7.04. The number of carboxylic acids is 1. The molecule has 1 rings (SSSR count). The molecular weight excluding hydrogens is 220 g/mol. The lowest BCUT2D eigenvalue weighted by Crippen LogP contribution is -2.15. The Bertz CT molecular complexity index is 362. The Kier molecular flexibility index (Phi) is 5.66. The van der Waals surface area contributed by atoms with E-state index in [0.29, 0.717) is 13.0 Å². The molecule has 1 atom stereocenters. The third kappa shape index (κ3) is 4.54. The van der Waals surface area contributed by atoms with Crippen molar-refractivity contribution in [3.05, 3.63) is 35.4 Å². The van der Waals surface area contributed by atoms with Crippen LogP contribution >= 0.6 is 0 Å². The van der Waals surface area contributed by atoms with Crippen LogP contribution < -0.4 is 0 Å². The smallest absolute Gasteiger partial charge is 0.311 e. The van der Waals surface area contributed by atoms with E-state index in [1.54, 1.807) is 0 Å². The first kappa shape index (κ1) is 13.7. The van der Waals surface area contributed by atoms with Gasteiger partial charge in [0.1, 0.15) is 0 Å². The van der Waals surface area contributed by atoms with Crippen molar-refractivity contribution in [2.45, 2.75) is 19.3 Å². The monoisotopic (exact) mass is 238 g/mol. The van der Waals surface area contributed by atoms with E-state index in [2.05, 4.69) is 0 Å². The zero-order valence-electron chi connectivity index (χ0n) is 9.93. The van der Waals surface area contributed by atoms with Crippen LogP contribution in [0.25, 0.3) is 0 Å². The van der Waals surface area contributed by atoms with Crippen LogP contribution in [0.3, 0.4) is 0 Å². The first-order valence-corrected chi connectivity index (χ1v) is 5.63. The van der Waals surface area contributed by atoms with E-state index in [4.69, 9.17) is 14.9 Å². The zero-order valence-corrected chi connectivity index (χ0v) is 9.93. The molecule has 4 heteroatoms. The van der Waals surface area contributed by atoms with E-state index in [1.807, 2.05) is 31.2 Å². The molecule has 0 bridgehead atoms. The second-order valence-corrected chi connectivity index (χ2v) is 3.93. The molecular formula is C13H18O4. The highest BCUT2D eigenvalue weighted by Gasteiger charge is 2.19. The van der Waals surface area contributed by atoms with Crippen LogP contribution in [0.15, 0.2) is 24.3 Å². The Labute approximate surface area is 101 Å². The van der Waals surface area contributed by atoms with Crippen LogP contribution in [0.2, 0.25) is 0 Å². The van der Waals surface area contributed by atoms with E-state index < -0.39 is 11.9 Å². The Morgan fingerprint density at radius 3 is 2.76 bits per heavy atom. The highest BCUT2D eigenvalue weighted by Crippen LogP contribution is 2.21. The Hall–Kier alpha value is -1.39. The fourth-order valence-electron chi connectivity index (χ4n) is 1.69. The maximum atomic E-state index is 11.2. The molecule has 0 saturated heterocycles. The van der Waals surface area contributed by atoms with Crippen molar-refractivity contribution in [2.75, 3.05) is 19.8 Å². The van der Waals surface area contributed by atoms with Crippen molar-refractivity contribution in [2.24, 2.45) is 0 Å². The van der Waals surface area contributed by atoms with Gasteiger partial charge in [-0.1, -0.05) is 29.8 Å². The summed E-state index contributed by atoms with van der Waals surface area (Å²) in [5.74, 6) is -1.39. The number of hydrogen-bond donors (Lipinski definition) is 2. The molecule has 0 saturated carbocycles. The molecule has 1 aromatic rings. The predicted octanol–water partition coefficient (Wildman–Crippen LogP) is 1.56. The zero-order chi connectivity index (χ0) is 12.7. The average molecular weight is 238 g/mol. The standard InChI is InChI=1S/C13H18O4/c1-10-3-2-4-11(9-10)12(13(15)16)5-7-17-8-6-14/h2-4,9,12,14H,5-8H2,1H3,(H,15,16). The van der Waals surface area contributed by atoms with E-state index in [1.165, 1.54) is 0 Å². The van der Waals surface area contributed by atoms with E-state index in [-0.39, 0.29) is 13.2 Å². The van der Waals surface area contributed by atoms with Crippen molar-refractivity contribution >= 4 is 5.97 Å². The summed E-state index contributed by atoms with van der Waals surface area (Å²) in [6.07, 6.45) is 0.415. The van der Waals surface area contributed by atoms with Gasteiger partial charge in [-0.2, -0.15) is 0 Å². The molecule has 0 aromatic heterocycles. The Morgan fingerprint density at radius 1 is 1.41 bits per heavy atom. The largest absolute Gasteiger partial charge is 0.481 e. The highest BCUT2D eigenvalue weighted by atomic mass is 16.5. The van der Waals surface area contributed by atoms with Crippen molar-refractivity contribution in [3.8, 4) is 0 Å². The normalized spacial score (nSPS) is 12.4. The van der Waals surface area contributed by atoms with Gasteiger partial charge in [0.15, 0.2) is 0 Å². The van der Waals surface area contributed by atoms with Gasteiger partial charge in [0.25, 0.3) is 0 Å². The SMILES string of the molecule is Cc1cccc(C(CCOCCO)C(=O)O)c1. The van der Waals surface area contributed by atoms with Crippen LogP contribution in [0.5, 0.6) is 0 Å². The third-order valence-electron chi connectivity index (χ3n) is 2.53. The summed E-state index contributed by atoms with van der Waals surface area (Å²) in [7, 11) is 0. The molecule has 2 N–H and O–H groups in total. The first-order valence-electron chi connectivity index (χ1n) is 5.63. The van der Waals surface area contributed by atoms with Crippen molar-refractivity contribution in [1.29, 1.82) is 0 Å². The molecule has 0 aliphatic heterocycles. The van der Waals surface area contributed by atoms with E-state index >= 15 is 0 Å². The molecule has 1 unspecified atom stereocenters. The lowest BCUT2D eigenvalue weighted by molar-refractivity contribution is -0.139. The quantitative estimate of drug-likeness (QED) is 0.707. The molecule has 0 aliphatic carbocycles. The lowest BCUT2D eigenvalue weighted by Gasteiger charge is -2.13. The summed E-state index contributed by atoms with van der Waals surface area (Å²) in [5.41, 5.74) is 1.84. The molecule has 0 fully saturated rings. The van der Waals surface area contributed by atoms with Gasteiger partial charge in [-0.25, -0.2) is 0 Å². The molecule has 0 spiro atoms. The van der Waals surface area contributed by atoms with Gasteiger partial charge < -0.3 is 14.9 Å². The van der Waals surface area contributed by atoms with Crippen LogP contribution in [-0.2, 0) is 9.53 Å². The number of benzene rings is 1. The fourth-order valence-corrected chi connectivity index (χ4v) is 1.69. The van der Waals surface area contributed by atoms with E-state index in [9.17, 15) is 4.79 Å². The molecule has 0 radical (unpaired) electrons. The van der Waals surface area contributed by atoms with Crippen LogP contribution in [-0.4, -0.2) is 36.0 Å². The second-order valence-electron chi connectivity index (χ2n) is 3.93. The summed E-state index contributed by atoms with van der Waals surface area (Å²) < 4.78 is 5.10. The highest BCUT2D eigenvalue weighted by molar-refractivity contribution is 5.76. The molecule has 0 aliphatic rings. The van der Waals surface area contributed by atoms with Gasteiger partial charge in [-0.3, -0.25) is 4.79 Å². The number of ether oxygens (including phenoxy) is 1. The minimum absolute atomic E-state index is 0.0395. The molecule has 4 nitrogen and oxygen atoms in total. The minimum Gasteiger partial charge on any atom is -0.481 e. The maximum Gasteiger partial charge on any atom is 0.311 e. The molecule has 17 heavy (non-hydrogen) atoms. The van der Waals surface area contributed by atoms with Crippen LogP contribution in [0.1, 0.15) is 23.5 Å². The summed E-state index contributed by atoms with van der Waals surface area (Å²) in [5, 5.41) is 17.7. The van der Waals surface area contributed by atoms with Gasteiger partial charge >= 0.3 is 5.97 Å². The number of rotatable bonds is 7. The number of aliphatic hydroxyl groups excluding tert-OH is 1. The summed E-state index contributed by atoms with van der Waals surface area (Å²) in [6, 6.07) is 7.49. The molecule has 94 valence electrons. The lowest BCUT2D eigenvalue weighted by atomic mass is 9.95. The third-order valence-corrected chi connectivity index (χ3v) is 2.53. The molecule has 0 heterocycles. The van der Waals surface area contributed by atoms with Crippen molar-refractivity contribution in [3.63, 3.8) is 0 Å². The number of hydrogen-bond acceptors (Lipinski definition) is 3. The Morgan fingerprint density at radius 2 is 2.18 bits per heavy atom. The fraction of sp³-hybridized carbons (Fsp3) is 0.462. The minimum atomic E-state index is -0.844. The topological polar surface area (TPSA) is 66.8 Å². The van der Waals surface area contributed by atoms with Crippen LogP contribution in [0.4, 0.5) is 0 Å². The van der Waals surface area contributed by atoms with E-state index in [0.717, 1.165) is 11.1 Å².